The number of amides is 1. The molecule has 1 amide bonds. The normalized spacial score (nSPS) is 14.5. The van der Waals surface area contributed by atoms with Gasteiger partial charge in [0.05, 0.1) is 25.6 Å². The van der Waals surface area contributed by atoms with Crippen LogP contribution in [-0.2, 0) is 11.2 Å². The van der Waals surface area contributed by atoms with Gasteiger partial charge in [-0.15, -0.1) is 0 Å². The fourth-order valence-corrected chi connectivity index (χ4v) is 3.37. The summed E-state index contributed by atoms with van der Waals surface area (Å²) in [6.45, 7) is 2.04. The van der Waals surface area contributed by atoms with Crippen LogP contribution in [0.1, 0.15) is 38.3 Å². The second-order valence-corrected chi connectivity index (χ2v) is 6.32. The minimum Gasteiger partial charge on any atom is -0.497 e. The van der Waals surface area contributed by atoms with Gasteiger partial charge in [0.2, 0.25) is 5.91 Å². The van der Waals surface area contributed by atoms with E-state index in [1.165, 1.54) is 0 Å². The summed E-state index contributed by atoms with van der Waals surface area (Å²) < 4.78 is 10.8. The van der Waals surface area contributed by atoms with Crippen molar-refractivity contribution < 1.29 is 14.3 Å². The van der Waals surface area contributed by atoms with Gasteiger partial charge < -0.3 is 14.8 Å². The quantitative estimate of drug-likeness (QED) is 0.837. The lowest BCUT2D eigenvalue weighted by molar-refractivity contribution is -0.119. The first kappa shape index (κ1) is 17.3. The number of carbonyl (C=O) groups is 1. The van der Waals surface area contributed by atoms with E-state index in [0.29, 0.717) is 17.2 Å². The number of H-pyrrole nitrogens is 1. The summed E-state index contributed by atoms with van der Waals surface area (Å²) in [5, 5.41) is 10.6. The number of methoxy groups -OCH3 is 2. The molecular weight excluding hydrogens is 318 g/mol. The van der Waals surface area contributed by atoms with Gasteiger partial charge in [-0.05, 0) is 31.4 Å². The Hall–Kier alpha value is -2.50. The molecule has 3 rings (SSSR count). The minimum atomic E-state index is 0.0855. The third-order valence-electron chi connectivity index (χ3n) is 4.83. The molecule has 6 nitrogen and oxygen atoms in total. The number of nitrogens with zero attached hydrogens (tertiary/aromatic N) is 1. The number of aromatic amines is 1. The number of aromatic nitrogens is 2. The van der Waals surface area contributed by atoms with Crippen molar-refractivity contribution in [1.82, 2.24) is 10.2 Å². The van der Waals surface area contributed by atoms with Crippen molar-refractivity contribution in [2.24, 2.45) is 5.92 Å². The monoisotopic (exact) mass is 343 g/mol. The Morgan fingerprint density at radius 1 is 1.28 bits per heavy atom. The lowest BCUT2D eigenvalue weighted by atomic mass is 10.1. The molecule has 1 heterocycles. The van der Waals surface area contributed by atoms with Gasteiger partial charge >= 0.3 is 0 Å². The highest BCUT2D eigenvalue weighted by atomic mass is 16.5. The Kier molecular flexibility index (Phi) is 5.26. The zero-order valence-corrected chi connectivity index (χ0v) is 15.0. The maximum absolute atomic E-state index is 12.6. The number of rotatable bonds is 6. The summed E-state index contributed by atoms with van der Waals surface area (Å²) in [4.78, 5) is 12.6. The van der Waals surface area contributed by atoms with Crippen LogP contribution in [0.3, 0.4) is 0 Å². The number of aryl methyl sites for hydroxylation is 1. The zero-order valence-electron chi connectivity index (χ0n) is 15.0. The van der Waals surface area contributed by atoms with E-state index in [0.717, 1.165) is 49.0 Å². The Morgan fingerprint density at radius 3 is 2.68 bits per heavy atom. The average Bonchev–Trinajstić information content (AvgIpc) is 3.31. The first-order chi connectivity index (χ1) is 12.2. The number of anilines is 1. The highest BCUT2D eigenvalue weighted by molar-refractivity contribution is 5.97. The van der Waals surface area contributed by atoms with Gasteiger partial charge in [-0.25, -0.2) is 0 Å². The smallest absolute Gasteiger partial charge is 0.227 e. The minimum absolute atomic E-state index is 0.0855. The van der Waals surface area contributed by atoms with Crippen LogP contribution < -0.4 is 14.8 Å². The molecule has 1 aromatic carbocycles. The van der Waals surface area contributed by atoms with E-state index in [-0.39, 0.29) is 11.8 Å². The maximum Gasteiger partial charge on any atom is 0.227 e. The summed E-state index contributed by atoms with van der Waals surface area (Å²) in [7, 11) is 3.23. The summed E-state index contributed by atoms with van der Waals surface area (Å²) in [5.74, 6) is 1.56. The third-order valence-corrected chi connectivity index (χ3v) is 4.83. The molecule has 0 bridgehead atoms. The first-order valence-electron chi connectivity index (χ1n) is 8.78. The highest BCUT2D eigenvalue weighted by Gasteiger charge is 2.26. The lowest BCUT2D eigenvalue weighted by Gasteiger charge is -2.14. The summed E-state index contributed by atoms with van der Waals surface area (Å²) in [6.07, 6.45) is 4.94. The molecule has 25 heavy (non-hydrogen) atoms. The molecule has 1 saturated carbocycles. The average molecular weight is 343 g/mol. The Morgan fingerprint density at radius 2 is 2.04 bits per heavy atom. The van der Waals surface area contributed by atoms with Crippen molar-refractivity contribution in [3.05, 3.63) is 23.9 Å². The molecule has 0 unspecified atom stereocenters. The van der Waals surface area contributed by atoms with Crippen LogP contribution in [0.2, 0.25) is 0 Å². The van der Waals surface area contributed by atoms with Crippen molar-refractivity contribution in [2.75, 3.05) is 19.5 Å². The van der Waals surface area contributed by atoms with E-state index in [9.17, 15) is 4.79 Å². The molecule has 0 atom stereocenters. The van der Waals surface area contributed by atoms with E-state index in [2.05, 4.69) is 15.5 Å². The number of hydrogen-bond donors (Lipinski definition) is 2. The lowest BCUT2D eigenvalue weighted by Crippen LogP contribution is -2.21. The van der Waals surface area contributed by atoms with Crippen molar-refractivity contribution in [3.8, 4) is 22.8 Å². The number of ether oxygens (including phenoxy) is 2. The Bertz CT molecular complexity index is 748. The third kappa shape index (κ3) is 3.48. The Labute approximate surface area is 147 Å². The van der Waals surface area contributed by atoms with Crippen LogP contribution >= 0.6 is 0 Å². The second-order valence-electron chi connectivity index (χ2n) is 6.32. The number of hydrogen-bond acceptors (Lipinski definition) is 4. The molecule has 2 N–H and O–H groups in total. The van der Waals surface area contributed by atoms with E-state index < -0.39 is 0 Å². The summed E-state index contributed by atoms with van der Waals surface area (Å²) in [6, 6.07) is 5.58. The summed E-state index contributed by atoms with van der Waals surface area (Å²) >= 11 is 0. The summed E-state index contributed by atoms with van der Waals surface area (Å²) in [5.41, 5.74) is 3.19. The fourth-order valence-electron chi connectivity index (χ4n) is 3.37. The van der Waals surface area contributed by atoms with Crippen molar-refractivity contribution in [3.63, 3.8) is 0 Å². The van der Waals surface area contributed by atoms with Gasteiger partial charge in [-0.1, -0.05) is 19.8 Å². The molecule has 6 heteroatoms. The molecule has 0 spiro atoms. The van der Waals surface area contributed by atoms with E-state index in [1.54, 1.807) is 14.2 Å². The first-order valence-corrected chi connectivity index (χ1v) is 8.78. The van der Waals surface area contributed by atoms with Crippen LogP contribution in [0, 0.1) is 5.92 Å². The molecule has 0 radical (unpaired) electrons. The van der Waals surface area contributed by atoms with Crippen molar-refractivity contribution >= 4 is 11.6 Å². The molecule has 1 aliphatic rings. The van der Waals surface area contributed by atoms with Gasteiger partial charge in [0.15, 0.2) is 0 Å². The Balaban J connectivity index is 1.97. The van der Waals surface area contributed by atoms with Gasteiger partial charge in [0.25, 0.3) is 0 Å². The fraction of sp³-hybridized carbons (Fsp3) is 0.474. The van der Waals surface area contributed by atoms with Crippen LogP contribution in [0.5, 0.6) is 11.5 Å². The molecular formula is C19H25N3O3. The zero-order chi connectivity index (χ0) is 17.8. The van der Waals surface area contributed by atoms with Gasteiger partial charge in [-0.3, -0.25) is 9.89 Å². The van der Waals surface area contributed by atoms with E-state index in [1.807, 2.05) is 25.1 Å². The molecule has 0 saturated heterocycles. The van der Waals surface area contributed by atoms with Gasteiger partial charge in [0, 0.05) is 17.5 Å². The standard InChI is InChI=1S/C19H25N3O3/c1-4-15-18(20-19(23)12-7-5-6-8-12)17(22-21-15)14-10-9-13(24-2)11-16(14)25-3/h9-12H,4-8H2,1-3H3,(H,20,23)(H,21,22). The van der Waals surface area contributed by atoms with Crippen LogP contribution in [0.25, 0.3) is 11.3 Å². The number of carbonyl (C=O) groups excluding carboxylic acids is 1. The van der Waals surface area contributed by atoms with E-state index in [4.69, 9.17) is 9.47 Å². The topological polar surface area (TPSA) is 76.2 Å². The molecule has 1 aromatic heterocycles. The van der Waals surface area contributed by atoms with Crippen LogP contribution in [0.15, 0.2) is 18.2 Å². The SMILES string of the molecule is CCc1[nH]nc(-c2ccc(OC)cc2OC)c1NC(=O)C1CCCC1. The van der Waals surface area contributed by atoms with Crippen LogP contribution in [-0.4, -0.2) is 30.3 Å². The molecule has 134 valence electrons. The maximum atomic E-state index is 12.6. The predicted molar refractivity (Wildman–Crippen MR) is 97.1 cm³/mol. The largest absolute Gasteiger partial charge is 0.497 e. The van der Waals surface area contributed by atoms with E-state index >= 15 is 0 Å². The molecule has 1 aliphatic carbocycles. The van der Waals surface area contributed by atoms with Crippen molar-refractivity contribution in [2.45, 2.75) is 39.0 Å². The van der Waals surface area contributed by atoms with Crippen LogP contribution in [0.4, 0.5) is 5.69 Å². The highest BCUT2D eigenvalue weighted by Crippen LogP contribution is 2.38. The number of benzene rings is 1. The second kappa shape index (κ2) is 7.59. The van der Waals surface area contributed by atoms with Gasteiger partial charge in [-0.2, -0.15) is 5.10 Å². The number of nitrogens with one attached hydrogen (secondary N) is 2. The molecule has 2 aromatic rings. The molecule has 1 fully saturated rings. The van der Waals surface area contributed by atoms with Gasteiger partial charge in [0.1, 0.15) is 17.2 Å². The molecule has 0 aliphatic heterocycles. The van der Waals surface area contributed by atoms with Crippen molar-refractivity contribution in [1.29, 1.82) is 0 Å². The predicted octanol–water partition coefficient (Wildman–Crippen LogP) is 3.79.